The van der Waals surface area contributed by atoms with E-state index in [1.54, 1.807) is 13.2 Å². The van der Waals surface area contributed by atoms with Gasteiger partial charge in [-0.25, -0.2) is 4.79 Å². The smallest absolute Gasteiger partial charge is 0.319 e. The predicted molar refractivity (Wildman–Crippen MR) is 68.2 cm³/mol. The van der Waals surface area contributed by atoms with Crippen LogP contribution in [0.2, 0.25) is 0 Å². The van der Waals surface area contributed by atoms with Gasteiger partial charge in [0.25, 0.3) is 0 Å². The Bertz CT molecular complexity index is 380. The Kier molecular flexibility index (Phi) is 5.29. The van der Waals surface area contributed by atoms with Gasteiger partial charge in [-0.1, -0.05) is 13.0 Å². The number of nitrogens with one attached hydrogen (secondary N) is 2. The fourth-order valence-electron chi connectivity index (χ4n) is 1.37. The van der Waals surface area contributed by atoms with Crippen molar-refractivity contribution in [3.63, 3.8) is 0 Å². The molecule has 0 aliphatic carbocycles. The molecule has 5 heteroatoms. The Morgan fingerprint density at radius 3 is 2.82 bits per heavy atom. The van der Waals surface area contributed by atoms with Crippen molar-refractivity contribution in [3.8, 4) is 5.75 Å². The molecule has 5 nitrogen and oxygen atoms in total. The Hall–Kier alpha value is -1.75. The van der Waals surface area contributed by atoms with Gasteiger partial charge in [0, 0.05) is 13.1 Å². The van der Waals surface area contributed by atoms with Crippen molar-refractivity contribution in [2.24, 2.45) is 5.73 Å². The molecule has 0 aromatic heterocycles. The van der Waals surface area contributed by atoms with Gasteiger partial charge in [0.15, 0.2) is 0 Å². The number of rotatable bonds is 5. The molecule has 0 saturated carbocycles. The highest BCUT2D eigenvalue weighted by atomic mass is 16.5. The molecule has 0 unspecified atom stereocenters. The monoisotopic (exact) mass is 237 g/mol. The second-order valence-electron chi connectivity index (χ2n) is 3.62. The Balaban J connectivity index is 2.73. The van der Waals surface area contributed by atoms with Crippen LogP contribution < -0.4 is 21.1 Å². The van der Waals surface area contributed by atoms with Crippen molar-refractivity contribution >= 4 is 11.7 Å². The molecule has 0 heterocycles. The molecule has 1 aromatic carbocycles. The molecule has 0 saturated heterocycles. The summed E-state index contributed by atoms with van der Waals surface area (Å²) >= 11 is 0. The highest BCUT2D eigenvalue weighted by molar-refractivity contribution is 5.90. The Morgan fingerprint density at radius 1 is 1.47 bits per heavy atom. The Labute approximate surface area is 101 Å². The highest BCUT2D eigenvalue weighted by Gasteiger charge is 2.07. The topological polar surface area (TPSA) is 76.4 Å². The van der Waals surface area contributed by atoms with E-state index in [1.165, 1.54) is 0 Å². The summed E-state index contributed by atoms with van der Waals surface area (Å²) in [7, 11) is 1.56. The van der Waals surface area contributed by atoms with Gasteiger partial charge >= 0.3 is 6.03 Å². The number of hydrogen-bond donors (Lipinski definition) is 3. The zero-order valence-corrected chi connectivity index (χ0v) is 10.2. The average molecular weight is 237 g/mol. The second kappa shape index (κ2) is 6.75. The van der Waals surface area contributed by atoms with Crippen LogP contribution in [-0.4, -0.2) is 19.7 Å². The largest absolute Gasteiger partial charge is 0.495 e. The SMILES string of the molecule is CCCNC(=O)Nc1ccc(CN)cc1OC. The summed E-state index contributed by atoms with van der Waals surface area (Å²) in [5.41, 5.74) is 7.13. The number of ether oxygens (including phenoxy) is 1. The zero-order chi connectivity index (χ0) is 12.7. The van der Waals surface area contributed by atoms with Crippen molar-refractivity contribution in [3.05, 3.63) is 23.8 Å². The molecule has 0 aliphatic rings. The number of hydrogen-bond acceptors (Lipinski definition) is 3. The molecule has 1 rings (SSSR count). The van der Waals surface area contributed by atoms with Crippen LogP contribution >= 0.6 is 0 Å². The maximum atomic E-state index is 11.5. The molecule has 17 heavy (non-hydrogen) atoms. The van der Waals surface area contributed by atoms with Crippen LogP contribution in [0.1, 0.15) is 18.9 Å². The van der Waals surface area contributed by atoms with E-state index in [0.717, 1.165) is 12.0 Å². The fraction of sp³-hybridized carbons (Fsp3) is 0.417. The number of amides is 2. The second-order valence-corrected chi connectivity index (χ2v) is 3.62. The minimum absolute atomic E-state index is 0.231. The third-order valence-electron chi connectivity index (χ3n) is 2.29. The lowest BCUT2D eigenvalue weighted by Crippen LogP contribution is -2.29. The van der Waals surface area contributed by atoms with Crippen LogP contribution in [-0.2, 0) is 6.54 Å². The Morgan fingerprint density at radius 2 is 2.24 bits per heavy atom. The quantitative estimate of drug-likeness (QED) is 0.729. The van der Waals surface area contributed by atoms with E-state index in [1.807, 2.05) is 19.1 Å². The molecular formula is C12H19N3O2. The first-order chi connectivity index (χ1) is 8.21. The van der Waals surface area contributed by atoms with Gasteiger partial charge in [0.2, 0.25) is 0 Å². The van der Waals surface area contributed by atoms with Crippen molar-refractivity contribution in [2.75, 3.05) is 19.0 Å². The number of carbonyl (C=O) groups is 1. The third kappa shape index (κ3) is 3.96. The molecular weight excluding hydrogens is 218 g/mol. The molecule has 2 amide bonds. The van der Waals surface area contributed by atoms with Gasteiger partial charge in [-0.05, 0) is 24.1 Å². The van der Waals surface area contributed by atoms with Crippen LogP contribution in [0.4, 0.5) is 10.5 Å². The normalized spacial score (nSPS) is 9.82. The van der Waals surface area contributed by atoms with Gasteiger partial charge in [0.05, 0.1) is 12.8 Å². The molecule has 0 radical (unpaired) electrons. The summed E-state index contributed by atoms with van der Waals surface area (Å²) in [5, 5.41) is 5.46. The maximum absolute atomic E-state index is 11.5. The van der Waals surface area contributed by atoms with Crippen LogP contribution in [0.3, 0.4) is 0 Å². The molecule has 0 fully saturated rings. The van der Waals surface area contributed by atoms with Gasteiger partial charge < -0.3 is 21.1 Å². The third-order valence-corrected chi connectivity index (χ3v) is 2.29. The molecule has 1 aromatic rings. The zero-order valence-electron chi connectivity index (χ0n) is 10.2. The van der Waals surface area contributed by atoms with Crippen molar-refractivity contribution < 1.29 is 9.53 Å². The van der Waals surface area contributed by atoms with Crippen molar-refractivity contribution in [1.29, 1.82) is 0 Å². The van der Waals surface area contributed by atoms with Gasteiger partial charge in [-0.2, -0.15) is 0 Å². The number of benzene rings is 1. The fourth-order valence-corrected chi connectivity index (χ4v) is 1.37. The van der Waals surface area contributed by atoms with Crippen LogP contribution in [0.5, 0.6) is 5.75 Å². The minimum Gasteiger partial charge on any atom is -0.495 e. The summed E-state index contributed by atoms with van der Waals surface area (Å²) in [6, 6.07) is 5.23. The lowest BCUT2D eigenvalue weighted by molar-refractivity contribution is 0.252. The van der Waals surface area contributed by atoms with E-state index in [-0.39, 0.29) is 6.03 Å². The highest BCUT2D eigenvalue weighted by Crippen LogP contribution is 2.25. The van der Waals surface area contributed by atoms with E-state index in [9.17, 15) is 4.79 Å². The molecule has 0 spiro atoms. The summed E-state index contributed by atoms with van der Waals surface area (Å²) in [4.78, 5) is 11.5. The van der Waals surface area contributed by atoms with E-state index >= 15 is 0 Å². The average Bonchev–Trinajstić information content (AvgIpc) is 2.36. The number of carbonyl (C=O) groups excluding carboxylic acids is 1. The summed E-state index contributed by atoms with van der Waals surface area (Å²) < 4.78 is 5.20. The minimum atomic E-state index is -0.231. The summed E-state index contributed by atoms with van der Waals surface area (Å²) in [6.45, 7) is 3.09. The van der Waals surface area contributed by atoms with Crippen molar-refractivity contribution in [2.45, 2.75) is 19.9 Å². The molecule has 94 valence electrons. The van der Waals surface area contributed by atoms with Crippen LogP contribution in [0.15, 0.2) is 18.2 Å². The first kappa shape index (κ1) is 13.3. The summed E-state index contributed by atoms with van der Waals surface area (Å²) in [5.74, 6) is 0.611. The number of methoxy groups -OCH3 is 1. The summed E-state index contributed by atoms with van der Waals surface area (Å²) in [6.07, 6.45) is 0.899. The van der Waals surface area contributed by atoms with E-state index in [4.69, 9.17) is 10.5 Å². The first-order valence-electron chi connectivity index (χ1n) is 5.63. The number of anilines is 1. The molecule has 0 atom stereocenters. The number of nitrogens with two attached hydrogens (primary N) is 1. The van der Waals surface area contributed by atoms with Crippen molar-refractivity contribution in [1.82, 2.24) is 5.32 Å². The predicted octanol–water partition coefficient (Wildman–Crippen LogP) is 1.69. The van der Waals surface area contributed by atoms with Crippen LogP contribution in [0, 0.1) is 0 Å². The van der Waals surface area contributed by atoms with Gasteiger partial charge in [-0.15, -0.1) is 0 Å². The molecule has 0 bridgehead atoms. The lowest BCUT2D eigenvalue weighted by atomic mass is 10.2. The van der Waals surface area contributed by atoms with Gasteiger partial charge in [-0.3, -0.25) is 0 Å². The van der Waals surface area contributed by atoms with Crippen LogP contribution in [0.25, 0.3) is 0 Å². The standard InChI is InChI=1S/C12H19N3O2/c1-3-6-14-12(16)15-10-5-4-9(8-13)7-11(10)17-2/h4-5,7H,3,6,8,13H2,1-2H3,(H2,14,15,16). The van der Waals surface area contributed by atoms with Gasteiger partial charge in [0.1, 0.15) is 5.75 Å². The lowest BCUT2D eigenvalue weighted by Gasteiger charge is -2.11. The van der Waals surface area contributed by atoms with E-state index < -0.39 is 0 Å². The maximum Gasteiger partial charge on any atom is 0.319 e. The van der Waals surface area contributed by atoms with E-state index in [0.29, 0.717) is 24.5 Å². The number of urea groups is 1. The molecule has 0 aliphatic heterocycles. The molecule has 4 N–H and O–H groups in total. The van der Waals surface area contributed by atoms with E-state index in [2.05, 4.69) is 10.6 Å². The first-order valence-corrected chi connectivity index (χ1v) is 5.63.